The van der Waals surface area contributed by atoms with Gasteiger partial charge in [0.25, 0.3) is 0 Å². The van der Waals surface area contributed by atoms with Gasteiger partial charge in [-0.3, -0.25) is 0 Å². The SMILES string of the molecule is CC(C)c1ccc2c(c1)C1(c3ccccc3-c3ccccc31)c1cc(C34CC5CC(CC(C5)C3)C4)ccc1-2. The van der Waals surface area contributed by atoms with E-state index < -0.39 is 0 Å². The Bertz CT molecular complexity index is 1550. The van der Waals surface area contributed by atoms with Gasteiger partial charge in [0.15, 0.2) is 0 Å². The van der Waals surface area contributed by atoms with Crippen LogP contribution in [0.4, 0.5) is 0 Å². The molecule has 6 aliphatic rings. The number of rotatable bonds is 2. The van der Waals surface area contributed by atoms with Gasteiger partial charge in [-0.15, -0.1) is 0 Å². The number of benzene rings is 4. The van der Waals surface area contributed by atoms with E-state index in [1.165, 1.54) is 83.0 Å². The van der Waals surface area contributed by atoms with E-state index in [-0.39, 0.29) is 5.41 Å². The van der Waals surface area contributed by atoms with Crippen molar-refractivity contribution in [2.24, 2.45) is 17.8 Å². The van der Waals surface area contributed by atoms with E-state index in [9.17, 15) is 0 Å². The standard InChI is InChI=1S/C38H36/c1-23(2)27-11-13-31-32-14-12-28(37-20-24-15-25(21-37)17-26(16-24)22-37)19-36(32)38(35(31)18-27)33-9-5-3-7-29(33)30-8-4-6-10-34(30)38/h3-14,18-19,23-26H,15-17,20-22H2,1-2H3. The molecule has 0 heteroatoms. The summed E-state index contributed by atoms with van der Waals surface area (Å²) >= 11 is 0. The lowest BCUT2D eigenvalue weighted by Gasteiger charge is -2.57. The third-order valence-electron chi connectivity index (χ3n) is 11.4. The van der Waals surface area contributed by atoms with Gasteiger partial charge in [-0.25, -0.2) is 0 Å². The molecule has 10 rings (SSSR count). The molecule has 0 N–H and O–H groups in total. The molecule has 0 heterocycles. The van der Waals surface area contributed by atoms with Gasteiger partial charge in [0.05, 0.1) is 5.41 Å². The van der Waals surface area contributed by atoms with E-state index in [1.807, 2.05) is 0 Å². The first-order valence-electron chi connectivity index (χ1n) is 15.1. The molecule has 4 aromatic carbocycles. The van der Waals surface area contributed by atoms with E-state index >= 15 is 0 Å². The number of hydrogen-bond donors (Lipinski definition) is 0. The highest BCUT2D eigenvalue weighted by Gasteiger charge is 2.54. The maximum atomic E-state index is 2.72. The smallest absolute Gasteiger partial charge is 0.0619 e. The van der Waals surface area contributed by atoms with Crippen LogP contribution in [0.15, 0.2) is 84.9 Å². The van der Waals surface area contributed by atoms with Crippen LogP contribution < -0.4 is 0 Å². The van der Waals surface area contributed by atoms with E-state index in [2.05, 4.69) is 98.8 Å². The molecule has 188 valence electrons. The first-order valence-corrected chi connectivity index (χ1v) is 15.1. The number of fused-ring (bicyclic) bond motifs is 10. The summed E-state index contributed by atoms with van der Waals surface area (Å²) in [7, 11) is 0. The van der Waals surface area contributed by atoms with Gasteiger partial charge in [-0.2, -0.15) is 0 Å². The summed E-state index contributed by atoms with van der Waals surface area (Å²) in [5, 5.41) is 0. The Hall–Kier alpha value is -3.12. The highest BCUT2D eigenvalue weighted by Crippen LogP contribution is 2.65. The third-order valence-corrected chi connectivity index (χ3v) is 11.4. The molecular weight excluding hydrogens is 456 g/mol. The summed E-state index contributed by atoms with van der Waals surface area (Å²) in [6.07, 6.45) is 8.75. The molecule has 38 heavy (non-hydrogen) atoms. The van der Waals surface area contributed by atoms with E-state index in [1.54, 1.807) is 11.1 Å². The molecular formula is C38H36. The molecule has 0 aliphatic heterocycles. The van der Waals surface area contributed by atoms with Gasteiger partial charge in [-0.05, 0) is 123 Å². The van der Waals surface area contributed by atoms with Crippen LogP contribution in [-0.2, 0) is 10.8 Å². The molecule has 0 saturated heterocycles. The van der Waals surface area contributed by atoms with Crippen LogP contribution in [0.3, 0.4) is 0 Å². The zero-order valence-corrected chi connectivity index (χ0v) is 22.6. The largest absolute Gasteiger partial charge is 0.0725 e. The Morgan fingerprint density at radius 1 is 0.553 bits per heavy atom. The average Bonchev–Trinajstić information content (AvgIpc) is 3.39. The van der Waals surface area contributed by atoms with Gasteiger partial charge in [0.1, 0.15) is 0 Å². The number of hydrogen-bond acceptors (Lipinski definition) is 0. The van der Waals surface area contributed by atoms with Gasteiger partial charge < -0.3 is 0 Å². The third kappa shape index (κ3) is 2.58. The van der Waals surface area contributed by atoms with Crippen LogP contribution in [0.5, 0.6) is 0 Å². The van der Waals surface area contributed by atoms with Crippen LogP contribution in [0, 0.1) is 17.8 Å². The topological polar surface area (TPSA) is 0 Å². The molecule has 4 saturated carbocycles. The van der Waals surface area contributed by atoms with E-state index in [0.29, 0.717) is 11.3 Å². The fourth-order valence-electron chi connectivity index (χ4n) is 10.3. The van der Waals surface area contributed by atoms with Crippen molar-refractivity contribution in [1.82, 2.24) is 0 Å². The molecule has 0 unspecified atom stereocenters. The fraction of sp³-hybridized carbons (Fsp3) is 0.368. The van der Waals surface area contributed by atoms with Crippen LogP contribution in [-0.4, -0.2) is 0 Å². The molecule has 4 aromatic rings. The first-order chi connectivity index (χ1) is 18.6. The molecule has 0 radical (unpaired) electrons. The predicted molar refractivity (Wildman–Crippen MR) is 157 cm³/mol. The van der Waals surface area contributed by atoms with E-state index in [4.69, 9.17) is 0 Å². The zero-order valence-electron chi connectivity index (χ0n) is 22.6. The molecule has 6 aliphatic carbocycles. The summed E-state index contributed by atoms with van der Waals surface area (Å²) in [4.78, 5) is 0. The highest BCUT2D eigenvalue weighted by atomic mass is 14.6. The van der Waals surface area contributed by atoms with Crippen LogP contribution in [0.2, 0.25) is 0 Å². The molecule has 4 bridgehead atoms. The van der Waals surface area contributed by atoms with Crippen molar-refractivity contribution < 1.29 is 0 Å². The van der Waals surface area contributed by atoms with Gasteiger partial charge in [0, 0.05) is 0 Å². The van der Waals surface area contributed by atoms with Gasteiger partial charge in [-0.1, -0.05) is 98.8 Å². The second kappa shape index (κ2) is 7.29. The van der Waals surface area contributed by atoms with Crippen molar-refractivity contribution >= 4 is 0 Å². The quantitative estimate of drug-likeness (QED) is 0.226. The molecule has 1 spiro atoms. The van der Waals surface area contributed by atoms with Crippen LogP contribution in [0.25, 0.3) is 22.3 Å². The first kappa shape index (κ1) is 21.8. The lowest BCUT2D eigenvalue weighted by atomic mass is 9.48. The molecule has 0 atom stereocenters. The summed E-state index contributed by atoms with van der Waals surface area (Å²) in [6, 6.07) is 33.7. The summed E-state index contributed by atoms with van der Waals surface area (Å²) in [6.45, 7) is 4.66. The maximum Gasteiger partial charge on any atom is 0.0725 e. The van der Waals surface area contributed by atoms with Crippen molar-refractivity contribution in [3.05, 3.63) is 118 Å². The second-order valence-electron chi connectivity index (χ2n) is 13.8. The van der Waals surface area contributed by atoms with Crippen molar-refractivity contribution in [2.75, 3.05) is 0 Å². The Morgan fingerprint density at radius 3 is 1.63 bits per heavy atom. The normalized spacial score (nSPS) is 28.4. The fourth-order valence-corrected chi connectivity index (χ4v) is 10.3. The Kier molecular flexibility index (Phi) is 4.18. The minimum Gasteiger partial charge on any atom is -0.0619 e. The molecule has 0 amide bonds. The summed E-state index contributed by atoms with van der Waals surface area (Å²) < 4.78 is 0. The Balaban J connectivity index is 1.35. The minimum atomic E-state index is -0.221. The minimum absolute atomic E-state index is 0.221. The second-order valence-corrected chi connectivity index (χ2v) is 13.8. The van der Waals surface area contributed by atoms with Crippen LogP contribution >= 0.6 is 0 Å². The molecule has 4 fully saturated rings. The van der Waals surface area contributed by atoms with E-state index in [0.717, 1.165) is 17.8 Å². The molecule has 0 nitrogen and oxygen atoms in total. The van der Waals surface area contributed by atoms with Crippen molar-refractivity contribution in [1.29, 1.82) is 0 Å². The van der Waals surface area contributed by atoms with Crippen LogP contribution in [0.1, 0.15) is 91.7 Å². The van der Waals surface area contributed by atoms with Crippen molar-refractivity contribution in [3.63, 3.8) is 0 Å². The average molecular weight is 493 g/mol. The van der Waals surface area contributed by atoms with Crippen molar-refractivity contribution in [2.45, 2.75) is 69.1 Å². The molecule has 0 aromatic heterocycles. The summed E-state index contributed by atoms with van der Waals surface area (Å²) in [5.41, 5.74) is 15.0. The van der Waals surface area contributed by atoms with Gasteiger partial charge >= 0.3 is 0 Å². The highest BCUT2D eigenvalue weighted by molar-refractivity contribution is 5.95. The predicted octanol–water partition coefficient (Wildman–Crippen LogP) is 9.62. The summed E-state index contributed by atoms with van der Waals surface area (Å²) in [5.74, 6) is 3.39. The lowest BCUT2D eigenvalue weighted by Crippen LogP contribution is -2.48. The Labute approximate surface area is 227 Å². The Morgan fingerprint density at radius 2 is 1.05 bits per heavy atom. The lowest BCUT2D eigenvalue weighted by molar-refractivity contribution is -0.00522. The van der Waals surface area contributed by atoms with Gasteiger partial charge in [0.2, 0.25) is 0 Å². The monoisotopic (exact) mass is 492 g/mol. The van der Waals surface area contributed by atoms with Crippen molar-refractivity contribution in [3.8, 4) is 22.3 Å². The maximum absolute atomic E-state index is 2.72. The zero-order chi connectivity index (χ0) is 25.2.